The van der Waals surface area contributed by atoms with Crippen molar-refractivity contribution in [2.75, 3.05) is 13.7 Å². The lowest BCUT2D eigenvalue weighted by Crippen LogP contribution is -2.06. The monoisotopic (exact) mass is 553 g/mol. The molecule has 3 aromatic carbocycles. The molecule has 8 nitrogen and oxygen atoms in total. The number of benzene rings is 3. The summed E-state index contributed by atoms with van der Waals surface area (Å²) in [6, 6.07) is 18.1. The molecule has 0 unspecified atom stereocenters. The minimum absolute atomic E-state index is 0.110. The number of hydrogen-bond acceptors (Lipinski definition) is 7. The number of methoxy groups -OCH3 is 1. The van der Waals surface area contributed by atoms with Gasteiger partial charge in [-0.2, -0.15) is 10.4 Å². The first-order valence-electron chi connectivity index (χ1n) is 13.5. The second-order valence-electron chi connectivity index (χ2n) is 10.2. The van der Waals surface area contributed by atoms with Crippen molar-refractivity contribution in [2.45, 2.75) is 37.7 Å². The molecule has 2 atom stereocenters. The summed E-state index contributed by atoms with van der Waals surface area (Å²) >= 11 is 0. The maximum absolute atomic E-state index is 15.1. The van der Waals surface area contributed by atoms with Crippen LogP contribution in [0.3, 0.4) is 0 Å². The lowest BCUT2D eigenvalue weighted by molar-refractivity contribution is -0.140. The highest BCUT2D eigenvalue weighted by Gasteiger charge is 2.32. The first-order chi connectivity index (χ1) is 19.9. The van der Waals surface area contributed by atoms with Gasteiger partial charge >= 0.3 is 5.97 Å². The van der Waals surface area contributed by atoms with E-state index >= 15 is 4.39 Å². The second-order valence-corrected chi connectivity index (χ2v) is 10.2. The summed E-state index contributed by atoms with van der Waals surface area (Å²) in [5, 5.41) is 14.0. The smallest absolute Gasteiger partial charge is 0.305 e. The van der Waals surface area contributed by atoms with Crippen molar-refractivity contribution in [3.05, 3.63) is 88.9 Å². The Labute approximate surface area is 236 Å². The van der Waals surface area contributed by atoms with Crippen LogP contribution in [0, 0.1) is 17.1 Å². The summed E-state index contributed by atoms with van der Waals surface area (Å²) in [6.45, 7) is 0.491. The Morgan fingerprint density at radius 1 is 1.17 bits per heavy atom. The molecular weight excluding hydrogens is 525 g/mol. The van der Waals surface area contributed by atoms with E-state index in [0.29, 0.717) is 66.4 Å². The SMILES string of the molecule is COC(=O)CC[C@@H]1COc2cc(O[C@@H]3CCc4c(Oc5ccc(-c6ccnn6C)cc5C#N)ccc(F)c43)ccc21. The minimum Gasteiger partial charge on any atom is -0.493 e. The molecular formula is C32H28FN3O5. The first kappa shape index (κ1) is 26.4. The second kappa shape index (κ2) is 11.0. The van der Waals surface area contributed by atoms with Crippen LogP contribution in [0.1, 0.15) is 53.5 Å². The fraction of sp³-hybridized carbons (Fsp3) is 0.281. The quantitative estimate of drug-likeness (QED) is 0.234. The van der Waals surface area contributed by atoms with Crippen molar-refractivity contribution in [1.82, 2.24) is 9.78 Å². The molecule has 0 fully saturated rings. The molecule has 9 heteroatoms. The minimum atomic E-state index is -0.495. The van der Waals surface area contributed by atoms with Crippen LogP contribution in [0.2, 0.25) is 0 Å². The van der Waals surface area contributed by atoms with Crippen LogP contribution in [-0.2, 0) is 23.0 Å². The number of aromatic nitrogens is 2. The molecule has 208 valence electrons. The van der Waals surface area contributed by atoms with Crippen LogP contribution >= 0.6 is 0 Å². The van der Waals surface area contributed by atoms with Gasteiger partial charge in [0.15, 0.2) is 0 Å². The van der Waals surface area contributed by atoms with Gasteiger partial charge in [0.05, 0.1) is 25.0 Å². The van der Waals surface area contributed by atoms with E-state index in [1.807, 2.05) is 37.4 Å². The van der Waals surface area contributed by atoms with Gasteiger partial charge in [0.1, 0.15) is 41.0 Å². The fourth-order valence-corrected chi connectivity index (χ4v) is 5.62. The van der Waals surface area contributed by atoms with E-state index in [0.717, 1.165) is 22.4 Å². The molecule has 0 amide bonds. The fourth-order valence-electron chi connectivity index (χ4n) is 5.62. The normalized spacial score (nSPS) is 16.8. The summed E-state index contributed by atoms with van der Waals surface area (Å²) in [5.41, 5.74) is 4.32. The standard InChI is InChI=1S/C32H28FN3O5/c1-36-26(13-14-35-36)19-3-9-27(21(15-19)17-34)41-28-11-8-25(33)32-24(28)7-10-29(32)40-22-5-6-23-20(4-12-31(37)38-2)18-39-30(23)16-22/h3,5-6,8-9,11,13-16,20,29H,4,7,10,12,18H2,1-2H3/t20-,29-/m1/s1. The number of nitriles is 1. The Morgan fingerprint density at radius 2 is 2.02 bits per heavy atom. The largest absolute Gasteiger partial charge is 0.493 e. The van der Waals surface area contributed by atoms with E-state index in [2.05, 4.69) is 11.2 Å². The average molecular weight is 554 g/mol. The Bertz CT molecular complexity index is 1670. The predicted octanol–water partition coefficient (Wildman–Crippen LogP) is 6.39. The number of nitrogens with zero attached hydrogens (tertiary/aromatic N) is 3. The van der Waals surface area contributed by atoms with Crippen molar-refractivity contribution in [2.24, 2.45) is 7.05 Å². The molecule has 0 saturated heterocycles. The zero-order chi connectivity index (χ0) is 28.5. The summed E-state index contributed by atoms with van der Waals surface area (Å²) in [7, 11) is 3.22. The summed E-state index contributed by atoms with van der Waals surface area (Å²) < 4.78 is 40.0. The molecule has 6 rings (SSSR count). The van der Waals surface area contributed by atoms with Crippen LogP contribution < -0.4 is 14.2 Å². The number of rotatable bonds is 8. The number of esters is 1. The average Bonchev–Trinajstić information content (AvgIpc) is 3.72. The molecule has 1 aliphatic heterocycles. The Balaban J connectivity index is 1.21. The van der Waals surface area contributed by atoms with Gasteiger partial charge in [-0.1, -0.05) is 6.07 Å². The molecule has 2 aliphatic rings. The number of fused-ring (bicyclic) bond motifs is 2. The highest BCUT2D eigenvalue weighted by molar-refractivity contribution is 5.69. The predicted molar refractivity (Wildman–Crippen MR) is 147 cm³/mol. The van der Waals surface area contributed by atoms with Gasteiger partial charge < -0.3 is 18.9 Å². The van der Waals surface area contributed by atoms with E-state index in [1.54, 1.807) is 29.1 Å². The number of aryl methyl sites for hydroxylation is 1. The van der Waals surface area contributed by atoms with Gasteiger partial charge in [0.2, 0.25) is 0 Å². The van der Waals surface area contributed by atoms with Crippen LogP contribution in [0.15, 0.2) is 60.8 Å². The van der Waals surface area contributed by atoms with Gasteiger partial charge in [-0.15, -0.1) is 0 Å². The van der Waals surface area contributed by atoms with E-state index in [9.17, 15) is 10.1 Å². The lowest BCUT2D eigenvalue weighted by atomic mass is 9.96. The third-order valence-corrected chi connectivity index (χ3v) is 7.74. The summed E-state index contributed by atoms with van der Waals surface area (Å²) in [5.74, 6) is 1.71. The zero-order valence-electron chi connectivity index (χ0n) is 22.7. The number of carbonyl (C=O) groups excluding carboxylic acids is 1. The molecule has 0 N–H and O–H groups in total. The van der Waals surface area contributed by atoms with Gasteiger partial charge in [-0.05, 0) is 61.7 Å². The molecule has 0 radical (unpaired) electrons. The molecule has 1 aromatic heterocycles. The van der Waals surface area contributed by atoms with Crippen molar-refractivity contribution in [1.29, 1.82) is 5.26 Å². The van der Waals surface area contributed by atoms with Gasteiger partial charge in [-0.3, -0.25) is 9.48 Å². The maximum atomic E-state index is 15.1. The van der Waals surface area contributed by atoms with Crippen molar-refractivity contribution >= 4 is 5.97 Å². The Kier molecular flexibility index (Phi) is 7.06. The molecule has 2 heterocycles. The third kappa shape index (κ3) is 5.09. The number of hydrogen-bond donors (Lipinski definition) is 0. The van der Waals surface area contributed by atoms with Crippen LogP contribution in [-0.4, -0.2) is 29.5 Å². The van der Waals surface area contributed by atoms with E-state index in [4.69, 9.17) is 18.9 Å². The molecule has 0 bridgehead atoms. The summed E-state index contributed by atoms with van der Waals surface area (Å²) in [4.78, 5) is 11.5. The van der Waals surface area contributed by atoms with Gasteiger partial charge in [-0.25, -0.2) is 4.39 Å². The Hall–Kier alpha value is -4.84. The Morgan fingerprint density at radius 3 is 2.80 bits per heavy atom. The molecule has 0 saturated carbocycles. The van der Waals surface area contributed by atoms with Crippen molar-refractivity contribution < 1.29 is 28.1 Å². The van der Waals surface area contributed by atoms with E-state index < -0.39 is 6.10 Å². The molecule has 4 aromatic rings. The van der Waals surface area contributed by atoms with Crippen LogP contribution in [0.5, 0.6) is 23.0 Å². The maximum Gasteiger partial charge on any atom is 0.305 e. The molecule has 0 spiro atoms. The topological polar surface area (TPSA) is 95.6 Å². The van der Waals surface area contributed by atoms with E-state index in [1.165, 1.54) is 13.2 Å². The number of halogens is 1. The zero-order valence-corrected chi connectivity index (χ0v) is 22.7. The van der Waals surface area contributed by atoms with Crippen LogP contribution in [0.4, 0.5) is 4.39 Å². The summed E-state index contributed by atoms with van der Waals surface area (Å²) in [6.07, 6.45) is 3.33. The lowest BCUT2D eigenvalue weighted by Gasteiger charge is -2.18. The molecule has 1 aliphatic carbocycles. The highest BCUT2D eigenvalue weighted by atomic mass is 19.1. The van der Waals surface area contributed by atoms with Gasteiger partial charge in [0.25, 0.3) is 0 Å². The van der Waals surface area contributed by atoms with Crippen LogP contribution in [0.25, 0.3) is 11.3 Å². The van der Waals surface area contributed by atoms with Crippen molar-refractivity contribution in [3.8, 4) is 40.3 Å². The molecule has 41 heavy (non-hydrogen) atoms. The highest BCUT2D eigenvalue weighted by Crippen LogP contribution is 2.45. The number of carbonyl (C=O) groups is 1. The third-order valence-electron chi connectivity index (χ3n) is 7.74. The van der Waals surface area contributed by atoms with Crippen molar-refractivity contribution in [3.63, 3.8) is 0 Å². The first-order valence-corrected chi connectivity index (χ1v) is 13.5. The van der Waals surface area contributed by atoms with E-state index in [-0.39, 0.29) is 17.7 Å². The number of ether oxygens (including phenoxy) is 4. The van der Waals surface area contributed by atoms with Gasteiger partial charge in [0, 0.05) is 53.9 Å².